The third-order valence-electron chi connectivity index (χ3n) is 3.90. The molecule has 2 heteroatoms. The topological polar surface area (TPSA) is 32.3 Å². The smallest absolute Gasteiger partial charge is 0.0766 e. The largest absolute Gasteiger partial charge is 0.389 e. The minimum atomic E-state index is -0.655. The van der Waals surface area contributed by atoms with Crippen molar-refractivity contribution < 1.29 is 5.11 Å². The third kappa shape index (κ3) is 4.11. The Morgan fingerprint density at radius 3 is 2.17 bits per heavy atom. The summed E-state index contributed by atoms with van der Waals surface area (Å²) in [6.45, 7) is 10.9. The monoisotopic (exact) mass is 249 g/mol. The molecule has 0 saturated heterocycles. The summed E-state index contributed by atoms with van der Waals surface area (Å²) in [4.78, 5) is 0. The molecule has 18 heavy (non-hydrogen) atoms. The third-order valence-corrected chi connectivity index (χ3v) is 3.90. The van der Waals surface area contributed by atoms with E-state index in [1.165, 1.54) is 11.1 Å². The van der Waals surface area contributed by atoms with Gasteiger partial charge in [-0.15, -0.1) is 0 Å². The van der Waals surface area contributed by atoms with Gasteiger partial charge in [0.1, 0.15) is 0 Å². The molecule has 2 atom stereocenters. The maximum Gasteiger partial charge on any atom is 0.0766 e. The van der Waals surface area contributed by atoms with E-state index in [1.54, 1.807) is 0 Å². The number of hydrogen-bond acceptors (Lipinski definition) is 2. The van der Waals surface area contributed by atoms with Crippen LogP contribution in [0.5, 0.6) is 0 Å². The fourth-order valence-electron chi connectivity index (χ4n) is 1.72. The molecule has 0 aliphatic carbocycles. The average molecular weight is 249 g/mol. The van der Waals surface area contributed by atoms with Crippen LogP contribution >= 0.6 is 0 Å². The van der Waals surface area contributed by atoms with E-state index in [1.807, 2.05) is 20.8 Å². The summed E-state index contributed by atoms with van der Waals surface area (Å²) in [6.07, 6.45) is 1.07. The molecular weight excluding hydrogens is 222 g/mol. The molecule has 0 aliphatic heterocycles. The molecule has 2 N–H and O–H groups in total. The number of aliphatic hydroxyl groups is 1. The molecule has 0 radical (unpaired) electrons. The fourth-order valence-corrected chi connectivity index (χ4v) is 1.72. The van der Waals surface area contributed by atoms with Crippen molar-refractivity contribution in [1.82, 2.24) is 5.32 Å². The van der Waals surface area contributed by atoms with Gasteiger partial charge in [0.2, 0.25) is 0 Å². The van der Waals surface area contributed by atoms with Crippen LogP contribution in [0.4, 0.5) is 0 Å². The SMILES string of the molecule is CCc1ccc(C(C)NCC(C)(O)C(C)C)cc1. The van der Waals surface area contributed by atoms with Crippen LogP contribution in [0.1, 0.15) is 51.8 Å². The Morgan fingerprint density at radius 1 is 1.17 bits per heavy atom. The Balaban J connectivity index is 2.57. The van der Waals surface area contributed by atoms with Gasteiger partial charge in [-0.1, -0.05) is 45.0 Å². The van der Waals surface area contributed by atoms with Crippen LogP contribution in [0, 0.1) is 5.92 Å². The van der Waals surface area contributed by atoms with Crippen molar-refractivity contribution in [2.45, 2.75) is 52.7 Å². The lowest BCUT2D eigenvalue weighted by molar-refractivity contribution is 0.0122. The molecule has 1 rings (SSSR count). The lowest BCUT2D eigenvalue weighted by Gasteiger charge is -2.29. The molecule has 0 amide bonds. The Kier molecular flexibility index (Phi) is 5.36. The first-order valence-electron chi connectivity index (χ1n) is 6.91. The number of nitrogens with one attached hydrogen (secondary N) is 1. The van der Waals surface area contributed by atoms with Crippen LogP contribution < -0.4 is 5.32 Å². The minimum absolute atomic E-state index is 0.250. The van der Waals surface area contributed by atoms with Gasteiger partial charge >= 0.3 is 0 Å². The summed E-state index contributed by atoms with van der Waals surface area (Å²) >= 11 is 0. The van der Waals surface area contributed by atoms with Gasteiger partial charge in [-0.3, -0.25) is 0 Å². The standard InChI is InChI=1S/C16H27NO/c1-6-14-7-9-15(10-8-14)13(4)17-11-16(5,18)12(2)3/h7-10,12-13,17-18H,6,11H2,1-5H3. The van der Waals surface area contributed by atoms with Gasteiger partial charge in [-0.2, -0.15) is 0 Å². The number of aryl methyl sites for hydroxylation is 1. The van der Waals surface area contributed by atoms with Gasteiger partial charge in [-0.25, -0.2) is 0 Å². The van der Waals surface area contributed by atoms with Crippen molar-refractivity contribution in [3.63, 3.8) is 0 Å². The number of hydrogen-bond donors (Lipinski definition) is 2. The van der Waals surface area contributed by atoms with E-state index in [2.05, 4.69) is 43.4 Å². The molecule has 102 valence electrons. The molecule has 1 aromatic carbocycles. The second-order valence-electron chi connectivity index (χ2n) is 5.71. The molecule has 0 saturated carbocycles. The summed E-state index contributed by atoms with van der Waals surface area (Å²) in [5.41, 5.74) is 1.98. The summed E-state index contributed by atoms with van der Waals surface area (Å²) < 4.78 is 0. The van der Waals surface area contributed by atoms with E-state index in [-0.39, 0.29) is 12.0 Å². The van der Waals surface area contributed by atoms with Gasteiger partial charge in [-0.05, 0) is 37.3 Å². The van der Waals surface area contributed by atoms with E-state index in [9.17, 15) is 5.11 Å². The minimum Gasteiger partial charge on any atom is -0.389 e. The van der Waals surface area contributed by atoms with Crippen molar-refractivity contribution in [3.05, 3.63) is 35.4 Å². The molecule has 2 nitrogen and oxygen atoms in total. The predicted octanol–water partition coefficient (Wildman–Crippen LogP) is 3.31. The van der Waals surface area contributed by atoms with Crippen molar-refractivity contribution in [1.29, 1.82) is 0 Å². The highest BCUT2D eigenvalue weighted by Gasteiger charge is 2.25. The van der Waals surface area contributed by atoms with Gasteiger partial charge in [0.15, 0.2) is 0 Å². The zero-order chi connectivity index (χ0) is 13.8. The van der Waals surface area contributed by atoms with E-state index in [4.69, 9.17) is 0 Å². The van der Waals surface area contributed by atoms with Crippen LogP contribution in [0.15, 0.2) is 24.3 Å². The molecule has 1 aromatic rings. The quantitative estimate of drug-likeness (QED) is 0.810. The Hall–Kier alpha value is -0.860. The second-order valence-corrected chi connectivity index (χ2v) is 5.71. The Bertz CT molecular complexity index is 354. The molecule has 0 bridgehead atoms. The molecule has 0 aliphatic rings. The van der Waals surface area contributed by atoms with Crippen molar-refractivity contribution >= 4 is 0 Å². The molecule has 0 fully saturated rings. The zero-order valence-electron chi connectivity index (χ0n) is 12.3. The molecule has 0 spiro atoms. The summed E-state index contributed by atoms with van der Waals surface area (Å²) in [5, 5.41) is 13.6. The van der Waals surface area contributed by atoms with E-state index >= 15 is 0 Å². The maximum absolute atomic E-state index is 10.2. The Morgan fingerprint density at radius 2 is 1.72 bits per heavy atom. The van der Waals surface area contributed by atoms with Crippen LogP contribution in [0.2, 0.25) is 0 Å². The number of rotatable bonds is 6. The van der Waals surface area contributed by atoms with Crippen LogP contribution in [0.3, 0.4) is 0 Å². The highest BCUT2D eigenvalue weighted by Crippen LogP contribution is 2.18. The van der Waals surface area contributed by atoms with Gasteiger partial charge in [0.25, 0.3) is 0 Å². The first-order valence-corrected chi connectivity index (χ1v) is 6.91. The Labute approximate surface area is 111 Å². The van der Waals surface area contributed by atoms with Crippen LogP contribution in [-0.4, -0.2) is 17.3 Å². The van der Waals surface area contributed by atoms with Crippen molar-refractivity contribution in [3.8, 4) is 0 Å². The number of benzene rings is 1. The van der Waals surface area contributed by atoms with E-state index in [0.717, 1.165) is 6.42 Å². The molecule has 2 unspecified atom stereocenters. The lowest BCUT2D eigenvalue weighted by Crippen LogP contribution is -2.42. The fraction of sp³-hybridized carbons (Fsp3) is 0.625. The highest BCUT2D eigenvalue weighted by molar-refractivity contribution is 5.24. The first-order chi connectivity index (χ1) is 8.36. The normalized spacial score (nSPS) is 16.6. The van der Waals surface area contributed by atoms with Gasteiger partial charge in [0.05, 0.1) is 5.60 Å². The highest BCUT2D eigenvalue weighted by atomic mass is 16.3. The van der Waals surface area contributed by atoms with Crippen LogP contribution in [-0.2, 0) is 6.42 Å². The van der Waals surface area contributed by atoms with Crippen LogP contribution in [0.25, 0.3) is 0 Å². The van der Waals surface area contributed by atoms with Gasteiger partial charge in [0, 0.05) is 12.6 Å². The van der Waals surface area contributed by atoms with Gasteiger partial charge < -0.3 is 10.4 Å². The zero-order valence-corrected chi connectivity index (χ0v) is 12.3. The summed E-state index contributed by atoms with van der Waals surface area (Å²) in [6, 6.07) is 8.95. The van der Waals surface area contributed by atoms with Crippen molar-refractivity contribution in [2.75, 3.05) is 6.54 Å². The lowest BCUT2D eigenvalue weighted by atomic mass is 9.92. The van der Waals surface area contributed by atoms with Crippen molar-refractivity contribution in [2.24, 2.45) is 5.92 Å². The van der Waals surface area contributed by atoms with E-state index < -0.39 is 5.60 Å². The summed E-state index contributed by atoms with van der Waals surface area (Å²) in [5.74, 6) is 0.250. The maximum atomic E-state index is 10.2. The first kappa shape index (κ1) is 15.2. The second kappa shape index (κ2) is 6.35. The van der Waals surface area contributed by atoms with E-state index in [0.29, 0.717) is 6.54 Å². The molecule has 0 aromatic heterocycles. The molecular formula is C16H27NO. The average Bonchev–Trinajstić information content (AvgIpc) is 2.36. The summed E-state index contributed by atoms with van der Waals surface area (Å²) in [7, 11) is 0. The predicted molar refractivity (Wildman–Crippen MR) is 77.7 cm³/mol. The molecule has 0 heterocycles.